The highest BCUT2D eigenvalue weighted by Crippen LogP contribution is 2.35. The maximum absolute atomic E-state index is 13.2. The molecule has 0 amide bonds. The summed E-state index contributed by atoms with van der Waals surface area (Å²) in [5.41, 5.74) is -0.198. The van der Waals surface area contributed by atoms with Crippen LogP contribution in [0.4, 0.5) is 10.1 Å². The topological polar surface area (TPSA) is 66.4 Å². The summed E-state index contributed by atoms with van der Waals surface area (Å²) in [7, 11) is -3.91. The Balaban J connectivity index is 2.04. The van der Waals surface area contributed by atoms with Crippen molar-refractivity contribution in [3.05, 3.63) is 52.8 Å². The minimum Gasteiger partial charge on any atom is -0.506 e. The van der Waals surface area contributed by atoms with Crippen molar-refractivity contribution in [1.82, 2.24) is 0 Å². The molecule has 0 saturated heterocycles. The number of halogens is 2. The van der Waals surface area contributed by atoms with Gasteiger partial charge >= 0.3 is 0 Å². The standard InChI is InChI=1S/C14H9BrFNO3S2/c15-10-2-1-3-13-9(10)7-14(21-13)22(19,20)17-11-6-8(16)4-5-12(11)18/h1-7,17-18H. The molecule has 0 aliphatic carbocycles. The van der Waals surface area contributed by atoms with Crippen LogP contribution in [0.25, 0.3) is 10.1 Å². The lowest BCUT2D eigenvalue weighted by Gasteiger charge is -2.07. The van der Waals surface area contributed by atoms with Gasteiger partial charge in [0.15, 0.2) is 0 Å². The van der Waals surface area contributed by atoms with Gasteiger partial charge in [-0.1, -0.05) is 22.0 Å². The largest absolute Gasteiger partial charge is 0.506 e. The van der Waals surface area contributed by atoms with Crippen LogP contribution in [-0.4, -0.2) is 13.5 Å². The van der Waals surface area contributed by atoms with E-state index in [1.54, 1.807) is 0 Å². The van der Waals surface area contributed by atoms with E-state index in [9.17, 15) is 17.9 Å². The molecule has 0 fully saturated rings. The third kappa shape index (κ3) is 2.81. The summed E-state index contributed by atoms with van der Waals surface area (Å²) >= 11 is 4.46. The van der Waals surface area contributed by atoms with Gasteiger partial charge < -0.3 is 5.11 Å². The van der Waals surface area contributed by atoms with Crippen molar-refractivity contribution in [3.8, 4) is 5.75 Å². The van der Waals surface area contributed by atoms with Crippen LogP contribution in [0.3, 0.4) is 0 Å². The smallest absolute Gasteiger partial charge is 0.271 e. The fourth-order valence-corrected chi connectivity index (χ4v) is 5.01. The van der Waals surface area contributed by atoms with Crippen molar-refractivity contribution >= 4 is 53.1 Å². The molecule has 3 rings (SSSR count). The third-order valence-electron chi connectivity index (χ3n) is 2.95. The van der Waals surface area contributed by atoms with Gasteiger partial charge in [-0.2, -0.15) is 0 Å². The molecule has 0 saturated carbocycles. The molecule has 22 heavy (non-hydrogen) atoms. The zero-order valence-corrected chi connectivity index (χ0v) is 14.1. The van der Waals surface area contributed by atoms with Crippen molar-refractivity contribution in [1.29, 1.82) is 0 Å². The molecule has 4 nitrogen and oxygen atoms in total. The third-order valence-corrected chi connectivity index (χ3v) is 6.58. The quantitative estimate of drug-likeness (QED) is 0.642. The van der Waals surface area contributed by atoms with Gasteiger partial charge in [-0.25, -0.2) is 12.8 Å². The van der Waals surface area contributed by atoms with E-state index in [0.717, 1.165) is 44.1 Å². The lowest BCUT2D eigenvalue weighted by molar-refractivity contribution is 0.475. The number of sulfonamides is 1. The molecule has 0 unspecified atom stereocenters. The highest BCUT2D eigenvalue weighted by Gasteiger charge is 2.20. The minimum absolute atomic E-state index is 0.0815. The molecule has 0 bridgehead atoms. The van der Waals surface area contributed by atoms with Gasteiger partial charge in [-0.05, 0) is 30.3 Å². The Bertz CT molecular complexity index is 969. The second kappa shape index (κ2) is 5.53. The molecule has 8 heteroatoms. The van der Waals surface area contributed by atoms with Crippen LogP contribution in [0.2, 0.25) is 0 Å². The number of phenols is 1. The number of nitrogens with one attached hydrogen (secondary N) is 1. The molecular formula is C14H9BrFNO3S2. The Morgan fingerprint density at radius 3 is 2.68 bits per heavy atom. The molecule has 2 N–H and O–H groups in total. The monoisotopic (exact) mass is 401 g/mol. The number of phenolic OH excluding ortho intramolecular Hbond substituents is 1. The average Bonchev–Trinajstić information content (AvgIpc) is 2.89. The van der Waals surface area contributed by atoms with Gasteiger partial charge in [0.1, 0.15) is 15.8 Å². The first-order valence-corrected chi connectivity index (χ1v) is 9.15. The lowest BCUT2D eigenvalue weighted by Crippen LogP contribution is -2.11. The zero-order valence-electron chi connectivity index (χ0n) is 10.9. The molecule has 114 valence electrons. The van der Waals surface area contributed by atoms with Gasteiger partial charge in [-0.15, -0.1) is 11.3 Å². The Morgan fingerprint density at radius 1 is 1.18 bits per heavy atom. The normalized spacial score (nSPS) is 11.7. The number of hydrogen-bond acceptors (Lipinski definition) is 4. The summed E-state index contributed by atoms with van der Waals surface area (Å²) in [6.45, 7) is 0. The molecule has 0 atom stereocenters. The van der Waals surface area contributed by atoms with E-state index >= 15 is 0 Å². The van der Waals surface area contributed by atoms with E-state index in [1.165, 1.54) is 6.07 Å². The summed E-state index contributed by atoms with van der Waals surface area (Å²) in [4.78, 5) is 0. The van der Waals surface area contributed by atoms with Crippen LogP contribution < -0.4 is 4.72 Å². The van der Waals surface area contributed by atoms with E-state index in [1.807, 2.05) is 18.2 Å². The molecular weight excluding hydrogens is 393 g/mol. The van der Waals surface area contributed by atoms with Crippen LogP contribution in [0.1, 0.15) is 0 Å². The fraction of sp³-hybridized carbons (Fsp3) is 0. The number of hydrogen-bond donors (Lipinski definition) is 2. The number of fused-ring (bicyclic) bond motifs is 1. The first-order chi connectivity index (χ1) is 10.4. The van der Waals surface area contributed by atoms with E-state index < -0.39 is 15.8 Å². The minimum atomic E-state index is -3.91. The Kier molecular flexibility index (Phi) is 3.84. The van der Waals surface area contributed by atoms with Crippen molar-refractivity contribution in [3.63, 3.8) is 0 Å². The molecule has 1 aromatic heterocycles. The number of benzene rings is 2. The lowest BCUT2D eigenvalue weighted by atomic mass is 10.3. The van der Waals surface area contributed by atoms with Gasteiger partial charge in [0.25, 0.3) is 10.0 Å². The van der Waals surface area contributed by atoms with Gasteiger partial charge in [-0.3, -0.25) is 4.72 Å². The van der Waals surface area contributed by atoms with E-state index in [2.05, 4.69) is 20.7 Å². The first kappa shape index (κ1) is 15.3. The Hall–Kier alpha value is -1.64. The van der Waals surface area contributed by atoms with E-state index in [-0.39, 0.29) is 15.6 Å². The van der Waals surface area contributed by atoms with Gasteiger partial charge in [0.2, 0.25) is 0 Å². The number of thiophene rings is 1. The summed E-state index contributed by atoms with van der Waals surface area (Å²) < 4.78 is 41.9. The summed E-state index contributed by atoms with van der Waals surface area (Å²) in [6, 6.07) is 10.0. The van der Waals surface area contributed by atoms with Gasteiger partial charge in [0, 0.05) is 20.6 Å². The van der Waals surface area contributed by atoms with Gasteiger partial charge in [0.05, 0.1) is 5.69 Å². The Labute approximate surface area is 138 Å². The van der Waals surface area contributed by atoms with Crippen LogP contribution >= 0.6 is 27.3 Å². The highest BCUT2D eigenvalue weighted by molar-refractivity contribution is 9.10. The number of anilines is 1. The van der Waals surface area contributed by atoms with E-state index in [4.69, 9.17) is 0 Å². The molecule has 0 spiro atoms. The SMILES string of the molecule is O=S(=O)(Nc1cc(F)ccc1O)c1cc2c(Br)cccc2s1. The van der Waals surface area contributed by atoms with Crippen molar-refractivity contribution in [2.75, 3.05) is 4.72 Å². The van der Waals surface area contributed by atoms with Crippen LogP contribution in [0.5, 0.6) is 5.75 Å². The number of aromatic hydroxyl groups is 1. The Morgan fingerprint density at radius 2 is 1.95 bits per heavy atom. The average molecular weight is 402 g/mol. The molecule has 2 aromatic carbocycles. The maximum Gasteiger partial charge on any atom is 0.271 e. The highest BCUT2D eigenvalue weighted by atomic mass is 79.9. The molecule has 0 radical (unpaired) electrons. The number of rotatable bonds is 3. The second-order valence-electron chi connectivity index (χ2n) is 4.48. The molecule has 0 aliphatic rings. The fourth-order valence-electron chi connectivity index (χ4n) is 1.92. The molecule has 3 aromatic rings. The summed E-state index contributed by atoms with van der Waals surface area (Å²) in [5, 5.41) is 10.4. The maximum atomic E-state index is 13.2. The summed E-state index contributed by atoms with van der Waals surface area (Å²) in [5.74, 6) is -0.984. The van der Waals surface area contributed by atoms with Crippen LogP contribution in [0, 0.1) is 5.82 Å². The van der Waals surface area contributed by atoms with Crippen molar-refractivity contribution in [2.45, 2.75) is 4.21 Å². The first-order valence-electron chi connectivity index (χ1n) is 6.06. The molecule has 1 heterocycles. The van der Waals surface area contributed by atoms with Crippen molar-refractivity contribution < 1.29 is 17.9 Å². The summed E-state index contributed by atoms with van der Waals surface area (Å²) in [6.07, 6.45) is 0. The predicted molar refractivity (Wildman–Crippen MR) is 88.4 cm³/mol. The van der Waals surface area contributed by atoms with Crippen LogP contribution in [-0.2, 0) is 10.0 Å². The van der Waals surface area contributed by atoms with E-state index in [0.29, 0.717) is 0 Å². The van der Waals surface area contributed by atoms with Crippen LogP contribution in [0.15, 0.2) is 51.1 Å². The zero-order chi connectivity index (χ0) is 15.9. The second-order valence-corrected chi connectivity index (χ2v) is 8.33. The molecule has 0 aliphatic heterocycles. The predicted octanol–water partition coefficient (Wildman–Crippen LogP) is 4.31. The van der Waals surface area contributed by atoms with Crippen molar-refractivity contribution in [2.24, 2.45) is 0 Å².